The van der Waals surface area contributed by atoms with Gasteiger partial charge in [0.2, 0.25) is 0 Å². The van der Waals surface area contributed by atoms with Crippen LogP contribution < -0.4 is 5.73 Å². The van der Waals surface area contributed by atoms with Gasteiger partial charge in [-0.1, -0.05) is 6.42 Å². The van der Waals surface area contributed by atoms with Crippen molar-refractivity contribution in [2.45, 2.75) is 51.2 Å². The Kier molecular flexibility index (Phi) is 4.11. The molecule has 2 N–H and O–H groups in total. The molecular weight excluding hydrogens is 212 g/mol. The molecule has 17 heavy (non-hydrogen) atoms. The largest absolute Gasteiger partial charge is 0.377 e. The topological polar surface area (TPSA) is 38.5 Å². The van der Waals surface area contributed by atoms with Crippen LogP contribution in [-0.2, 0) is 4.74 Å². The molecule has 2 aliphatic rings. The Balaban J connectivity index is 1.73. The average Bonchev–Trinajstić information content (AvgIpc) is 2.85. The summed E-state index contributed by atoms with van der Waals surface area (Å²) in [6, 6.07) is 0.132. The predicted octanol–water partition coefficient (Wildman–Crippen LogP) is 1.86. The number of nitrogens with zero attached hydrogens (tertiary/aromatic N) is 1. The zero-order valence-corrected chi connectivity index (χ0v) is 11.6. The van der Waals surface area contributed by atoms with Crippen LogP contribution in [-0.4, -0.2) is 43.3 Å². The van der Waals surface area contributed by atoms with Gasteiger partial charge in [0.25, 0.3) is 0 Å². The first-order chi connectivity index (χ1) is 8.03. The van der Waals surface area contributed by atoms with E-state index in [-0.39, 0.29) is 11.6 Å². The molecule has 3 unspecified atom stereocenters. The second kappa shape index (κ2) is 5.25. The highest BCUT2D eigenvalue weighted by molar-refractivity contribution is 4.90. The average molecular weight is 240 g/mol. The van der Waals surface area contributed by atoms with Crippen molar-refractivity contribution in [3.8, 4) is 0 Å². The maximum Gasteiger partial charge on any atom is 0.0773 e. The summed E-state index contributed by atoms with van der Waals surface area (Å²) in [4.78, 5) is 2.61. The lowest BCUT2D eigenvalue weighted by Gasteiger charge is -2.31. The van der Waals surface area contributed by atoms with Gasteiger partial charge in [0.05, 0.1) is 5.60 Å². The van der Waals surface area contributed by atoms with E-state index < -0.39 is 0 Å². The number of hydrogen-bond donors (Lipinski definition) is 1. The normalized spacial score (nSPS) is 31.8. The van der Waals surface area contributed by atoms with E-state index in [0.29, 0.717) is 0 Å². The monoisotopic (exact) mass is 240 g/mol. The molecule has 0 aromatic heterocycles. The van der Waals surface area contributed by atoms with Crippen LogP contribution in [0, 0.1) is 11.8 Å². The third-order valence-corrected chi connectivity index (χ3v) is 4.98. The van der Waals surface area contributed by atoms with Crippen molar-refractivity contribution < 1.29 is 4.74 Å². The molecule has 2 rings (SSSR count). The first-order valence-corrected chi connectivity index (χ1v) is 7.06. The van der Waals surface area contributed by atoms with Gasteiger partial charge in [-0.05, 0) is 51.5 Å². The summed E-state index contributed by atoms with van der Waals surface area (Å²) in [5, 5.41) is 0. The lowest BCUT2D eigenvalue weighted by molar-refractivity contribution is -0.00338. The van der Waals surface area contributed by atoms with Crippen molar-refractivity contribution in [1.82, 2.24) is 4.90 Å². The Morgan fingerprint density at radius 1 is 1.29 bits per heavy atom. The molecule has 1 saturated heterocycles. The molecule has 1 aliphatic heterocycles. The summed E-state index contributed by atoms with van der Waals surface area (Å²) in [6.45, 7) is 7.92. The number of nitrogens with two attached hydrogens (primary N) is 1. The van der Waals surface area contributed by atoms with E-state index in [0.717, 1.165) is 24.8 Å². The van der Waals surface area contributed by atoms with Gasteiger partial charge in [0, 0.05) is 26.2 Å². The quantitative estimate of drug-likeness (QED) is 0.797. The van der Waals surface area contributed by atoms with Gasteiger partial charge < -0.3 is 15.4 Å². The van der Waals surface area contributed by atoms with Gasteiger partial charge in [-0.3, -0.25) is 0 Å². The smallest absolute Gasteiger partial charge is 0.0773 e. The third kappa shape index (κ3) is 3.01. The van der Waals surface area contributed by atoms with Crippen molar-refractivity contribution in [3.05, 3.63) is 0 Å². The summed E-state index contributed by atoms with van der Waals surface area (Å²) >= 11 is 0. The summed E-state index contributed by atoms with van der Waals surface area (Å²) in [5.41, 5.74) is 6.01. The second-order valence-electron chi connectivity index (χ2n) is 6.41. The third-order valence-electron chi connectivity index (χ3n) is 4.98. The zero-order chi connectivity index (χ0) is 12.5. The molecule has 0 amide bonds. The number of rotatable bonds is 5. The molecule has 0 aromatic rings. The maximum absolute atomic E-state index is 6.20. The molecule has 3 atom stereocenters. The Morgan fingerprint density at radius 3 is 2.41 bits per heavy atom. The molecule has 2 fully saturated rings. The Labute approximate surface area is 106 Å². The fraction of sp³-hybridized carbons (Fsp3) is 1.00. The molecule has 1 saturated carbocycles. The zero-order valence-electron chi connectivity index (χ0n) is 11.6. The van der Waals surface area contributed by atoms with E-state index in [1.807, 2.05) is 0 Å². The van der Waals surface area contributed by atoms with Crippen LogP contribution in [0.25, 0.3) is 0 Å². The molecule has 3 heteroatoms. The van der Waals surface area contributed by atoms with Crippen LogP contribution in [0.3, 0.4) is 0 Å². The lowest BCUT2D eigenvalue weighted by Crippen LogP contribution is -2.46. The van der Waals surface area contributed by atoms with E-state index in [4.69, 9.17) is 10.5 Å². The Hall–Kier alpha value is -0.120. The number of methoxy groups -OCH3 is 1. The van der Waals surface area contributed by atoms with E-state index in [9.17, 15) is 0 Å². The van der Waals surface area contributed by atoms with Crippen molar-refractivity contribution in [1.29, 1.82) is 0 Å². The fourth-order valence-electron chi connectivity index (χ4n) is 3.34. The van der Waals surface area contributed by atoms with Gasteiger partial charge in [0.1, 0.15) is 0 Å². The highest BCUT2D eigenvalue weighted by Crippen LogP contribution is 2.37. The molecule has 0 spiro atoms. The van der Waals surface area contributed by atoms with Crippen LogP contribution in [0.15, 0.2) is 0 Å². The van der Waals surface area contributed by atoms with Crippen LogP contribution in [0.1, 0.15) is 39.5 Å². The minimum absolute atomic E-state index is 0.132. The van der Waals surface area contributed by atoms with Gasteiger partial charge in [-0.2, -0.15) is 0 Å². The van der Waals surface area contributed by atoms with Crippen LogP contribution in [0.2, 0.25) is 0 Å². The van der Waals surface area contributed by atoms with Crippen molar-refractivity contribution in [2.75, 3.05) is 26.7 Å². The first kappa shape index (κ1) is 13.3. The summed E-state index contributed by atoms with van der Waals surface area (Å²) < 4.78 is 5.45. The van der Waals surface area contributed by atoms with Gasteiger partial charge in [0.15, 0.2) is 0 Å². The number of likely N-dealkylation sites (tertiary alicyclic amines) is 1. The molecule has 100 valence electrons. The van der Waals surface area contributed by atoms with E-state index in [2.05, 4.69) is 18.7 Å². The minimum atomic E-state index is -0.199. The molecule has 3 nitrogen and oxygen atoms in total. The Bertz CT molecular complexity index is 243. The van der Waals surface area contributed by atoms with Crippen molar-refractivity contribution in [2.24, 2.45) is 17.6 Å². The first-order valence-electron chi connectivity index (χ1n) is 7.06. The Morgan fingerprint density at radius 2 is 1.88 bits per heavy atom. The fourth-order valence-corrected chi connectivity index (χ4v) is 3.34. The number of fused-ring (bicyclic) bond motifs is 1. The molecule has 0 radical (unpaired) electrons. The predicted molar refractivity (Wildman–Crippen MR) is 71.0 cm³/mol. The summed E-state index contributed by atoms with van der Waals surface area (Å²) in [7, 11) is 1.75. The van der Waals surface area contributed by atoms with Gasteiger partial charge in [-0.25, -0.2) is 0 Å². The van der Waals surface area contributed by atoms with Gasteiger partial charge in [-0.15, -0.1) is 0 Å². The van der Waals surface area contributed by atoms with Gasteiger partial charge >= 0.3 is 0 Å². The van der Waals surface area contributed by atoms with E-state index in [1.165, 1.54) is 32.4 Å². The molecular formula is C14H28N2O. The van der Waals surface area contributed by atoms with Crippen LogP contribution >= 0.6 is 0 Å². The summed E-state index contributed by atoms with van der Waals surface area (Å²) in [6.07, 6.45) is 5.41. The highest BCUT2D eigenvalue weighted by atomic mass is 16.5. The second-order valence-corrected chi connectivity index (χ2v) is 6.41. The molecule has 1 heterocycles. The maximum atomic E-state index is 6.20. The summed E-state index contributed by atoms with van der Waals surface area (Å²) in [5.74, 6) is 1.98. The highest BCUT2D eigenvalue weighted by Gasteiger charge is 2.36. The number of hydrogen-bond acceptors (Lipinski definition) is 3. The SMILES string of the molecule is COC(C)(C)C(N)CCN1CC2CCCC2C1. The lowest BCUT2D eigenvalue weighted by atomic mass is 9.96. The number of ether oxygens (including phenoxy) is 1. The molecule has 0 bridgehead atoms. The molecule has 1 aliphatic carbocycles. The van der Waals surface area contributed by atoms with E-state index in [1.54, 1.807) is 7.11 Å². The van der Waals surface area contributed by atoms with Crippen LogP contribution in [0.4, 0.5) is 0 Å². The minimum Gasteiger partial charge on any atom is -0.377 e. The van der Waals surface area contributed by atoms with Crippen molar-refractivity contribution in [3.63, 3.8) is 0 Å². The standard InChI is InChI=1S/C14H28N2O/c1-14(2,17-3)13(15)7-8-16-9-11-5-4-6-12(11)10-16/h11-13H,4-10,15H2,1-3H3. The van der Waals surface area contributed by atoms with Crippen molar-refractivity contribution >= 4 is 0 Å². The molecule has 0 aromatic carbocycles. The van der Waals surface area contributed by atoms with Crippen LogP contribution in [0.5, 0.6) is 0 Å². The van der Waals surface area contributed by atoms with E-state index >= 15 is 0 Å².